The Bertz CT molecular complexity index is 515. The van der Waals surface area contributed by atoms with E-state index >= 15 is 0 Å². The highest BCUT2D eigenvalue weighted by Crippen LogP contribution is 2.21. The van der Waals surface area contributed by atoms with Crippen LogP contribution in [0.3, 0.4) is 0 Å². The molecule has 0 saturated carbocycles. The molecule has 6 atom stereocenters. The number of amides is 2. The predicted molar refractivity (Wildman–Crippen MR) is 96.0 cm³/mol. The van der Waals surface area contributed by atoms with Gasteiger partial charge in [0.2, 0.25) is 11.8 Å². The number of nitrogens with zero attached hydrogens (tertiary/aromatic N) is 1. The number of ether oxygens (including phenoxy) is 2. The van der Waals surface area contributed by atoms with Crippen LogP contribution in [0.1, 0.15) is 26.7 Å². The van der Waals surface area contributed by atoms with Gasteiger partial charge in [-0.25, -0.2) is 4.79 Å². The molecule has 3 N–H and O–H groups in total. The number of carboxylic acids is 1. The van der Waals surface area contributed by atoms with Crippen molar-refractivity contribution >= 4 is 30.4 Å². The third-order valence-corrected chi connectivity index (χ3v) is 5.20. The second kappa shape index (κ2) is 10.1. The average Bonchev–Trinajstić information content (AvgIpc) is 3.00. The van der Waals surface area contributed by atoms with Crippen LogP contribution < -0.4 is 5.32 Å². The summed E-state index contributed by atoms with van der Waals surface area (Å²) >= 11 is 4.26. The zero-order valence-electron chi connectivity index (χ0n) is 15.4. The van der Waals surface area contributed by atoms with E-state index in [1.54, 1.807) is 6.92 Å². The van der Waals surface area contributed by atoms with Gasteiger partial charge < -0.3 is 29.9 Å². The minimum absolute atomic E-state index is 0.0831. The first-order chi connectivity index (χ1) is 12.2. The van der Waals surface area contributed by atoms with Crippen molar-refractivity contribution in [3.8, 4) is 0 Å². The van der Waals surface area contributed by atoms with Gasteiger partial charge >= 0.3 is 5.97 Å². The van der Waals surface area contributed by atoms with Crippen molar-refractivity contribution in [2.45, 2.75) is 62.3 Å². The third kappa shape index (κ3) is 5.09. The van der Waals surface area contributed by atoms with Gasteiger partial charge in [0.25, 0.3) is 0 Å². The smallest absolute Gasteiger partial charge is 0.329 e. The van der Waals surface area contributed by atoms with Crippen molar-refractivity contribution in [2.24, 2.45) is 0 Å². The maximum absolute atomic E-state index is 12.9. The maximum atomic E-state index is 12.9. The summed E-state index contributed by atoms with van der Waals surface area (Å²) in [5.41, 5.74) is 0. The number of nitrogens with one attached hydrogen (secondary N) is 1. The summed E-state index contributed by atoms with van der Waals surface area (Å²) in [6, 6.07) is -2.45. The summed E-state index contributed by atoms with van der Waals surface area (Å²) in [5, 5.41) is 20.9. The number of hydrogen-bond acceptors (Lipinski definition) is 7. The zero-order valence-corrected chi connectivity index (χ0v) is 16.3. The molecule has 0 spiro atoms. The lowest BCUT2D eigenvalue weighted by molar-refractivity contribution is -0.153. The molecule has 1 fully saturated rings. The van der Waals surface area contributed by atoms with E-state index in [0.29, 0.717) is 6.42 Å². The van der Waals surface area contributed by atoms with E-state index in [9.17, 15) is 24.6 Å². The van der Waals surface area contributed by atoms with Gasteiger partial charge in [-0.3, -0.25) is 9.59 Å². The van der Waals surface area contributed by atoms with E-state index < -0.39 is 53.4 Å². The molecule has 10 heteroatoms. The van der Waals surface area contributed by atoms with Crippen molar-refractivity contribution in [2.75, 3.05) is 20.8 Å². The molecule has 1 aliphatic heterocycles. The average molecular weight is 392 g/mol. The Kier molecular flexibility index (Phi) is 8.81. The molecule has 1 aliphatic rings. The number of aliphatic hydroxyl groups excluding tert-OH is 1. The van der Waals surface area contributed by atoms with E-state index in [2.05, 4.69) is 17.9 Å². The molecule has 0 aromatic carbocycles. The molecule has 0 radical (unpaired) electrons. The largest absolute Gasteiger partial charge is 0.480 e. The molecule has 0 aromatic rings. The number of thiol groups is 1. The lowest BCUT2D eigenvalue weighted by Crippen LogP contribution is -2.58. The molecule has 1 heterocycles. The molecule has 5 unspecified atom stereocenters. The number of methoxy groups -OCH3 is 2. The molecule has 150 valence electrons. The molecule has 0 aliphatic carbocycles. The van der Waals surface area contributed by atoms with Crippen LogP contribution in [0.5, 0.6) is 0 Å². The molecule has 1 saturated heterocycles. The summed E-state index contributed by atoms with van der Waals surface area (Å²) in [6.45, 7) is 3.51. The Morgan fingerprint density at radius 2 is 1.92 bits per heavy atom. The summed E-state index contributed by atoms with van der Waals surface area (Å²) in [7, 11) is 2.85. The van der Waals surface area contributed by atoms with E-state index in [1.165, 1.54) is 14.2 Å². The first-order valence-corrected chi connectivity index (χ1v) is 8.96. The molecule has 2 amide bonds. The normalized spacial score (nSPS) is 24.6. The van der Waals surface area contributed by atoms with E-state index in [1.807, 2.05) is 6.92 Å². The molecule has 1 rings (SSSR count). The zero-order chi connectivity index (χ0) is 20.0. The number of likely N-dealkylation sites (tertiary alicyclic amines) is 1. The number of aliphatic hydroxyl groups is 1. The minimum Gasteiger partial charge on any atom is -0.480 e. The summed E-state index contributed by atoms with van der Waals surface area (Å²) < 4.78 is 10.4. The standard InChI is InChI=1S/C16H28N2O7S/c1-5-10(25-4)13(26)14(20)17-11(8(2)24-3)15(21)18-7-6-9(19)12(18)16(22)23/h8-13,19,26H,5-7H2,1-4H3,(H,17,20)(H,22,23)/t8?,9?,10?,11?,12-,13?/m0/s1. The van der Waals surface area contributed by atoms with Gasteiger partial charge in [-0.15, -0.1) is 0 Å². The molecule has 9 nitrogen and oxygen atoms in total. The number of rotatable bonds is 9. The van der Waals surface area contributed by atoms with Crippen LogP contribution in [0.4, 0.5) is 0 Å². The topological polar surface area (TPSA) is 125 Å². The van der Waals surface area contributed by atoms with Gasteiger partial charge in [0.1, 0.15) is 11.3 Å². The van der Waals surface area contributed by atoms with E-state index in [0.717, 1.165) is 4.90 Å². The fourth-order valence-electron chi connectivity index (χ4n) is 2.94. The van der Waals surface area contributed by atoms with Crippen molar-refractivity contribution < 1.29 is 34.1 Å². The SMILES string of the molecule is CCC(OC)C(S)C(=O)NC(C(=O)N1CCC(O)[C@H]1C(=O)O)C(C)OC. The lowest BCUT2D eigenvalue weighted by atomic mass is 10.1. The van der Waals surface area contributed by atoms with Crippen LogP contribution >= 0.6 is 12.6 Å². The van der Waals surface area contributed by atoms with Crippen LogP contribution in [0, 0.1) is 0 Å². The fraction of sp³-hybridized carbons (Fsp3) is 0.812. The van der Waals surface area contributed by atoms with Gasteiger partial charge in [0.05, 0.1) is 18.3 Å². The number of carbonyl (C=O) groups is 3. The number of carboxylic acid groups (broad SMARTS) is 1. The molecular weight excluding hydrogens is 364 g/mol. The molecule has 0 bridgehead atoms. The number of aliphatic carboxylic acids is 1. The molecule has 0 aromatic heterocycles. The minimum atomic E-state index is -1.35. The quantitative estimate of drug-likeness (QED) is 0.382. The van der Waals surface area contributed by atoms with Crippen molar-refractivity contribution in [3.05, 3.63) is 0 Å². The van der Waals surface area contributed by atoms with Crippen LogP contribution in [0.25, 0.3) is 0 Å². The maximum Gasteiger partial charge on any atom is 0.329 e. The second-order valence-electron chi connectivity index (χ2n) is 6.23. The fourth-order valence-corrected chi connectivity index (χ4v) is 3.35. The van der Waals surface area contributed by atoms with Crippen molar-refractivity contribution in [3.63, 3.8) is 0 Å². The second-order valence-corrected chi connectivity index (χ2v) is 6.78. The molecule has 26 heavy (non-hydrogen) atoms. The van der Waals surface area contributed by atoms with E-state index in [-0.39, 0.29) is 13.0 Å². The van der Waals surface area contributed by atoms with Gasteiger partial charge in [-0.2, -0.15) is 12.6 Å². The monoisotopic (exact) mass is 392 g/mol. The highest BCUT2D eigenvalue weighted by atomic mass is 32.1. The van der Waals surface area contributed by atoms with Crippen LogP contribution in [0.15, 0.2) is 0 Å². The van der Waals surface area contributed by atoms with Crippen LogP contribution in [0.2, 0.25) is 0 Å². The molecular formula is C16H28N2O7S. The number of carbonyl (C=O) groups excluding carboxylic acids is 2. The highest BCUT2D eigenvalue weighted by molar-refractivity contribution is 7.81. The van der Waals surface area contributed by atoms with Crippen molar-refractivity contribution in [1.29, 1.82) is 0 Å². The number of hydrogen-bond donors (Lipinski definition) is 4. The Balaban J connectivity index is 2.98. The third-order valence-electron chi connectivity index (χ3n) is 4.63. The van der Waals surface area contributed by atoms with Gasteiger partial charge in [-0.05, 0) is 19.8 Å². The Hall–Kier alpha value is -1.36. The highest BCUT2D eigenvalue weighted by Gasteiger charge is 2.44. The summed E-state index contributed by atoms with van der Waals surface area (Å²) in [5.74, 6) is -2.44. The first kappa shape index (κ1) is 22.7. The van der Waals surface area contributed by atoms with Crippen LogP contribution in [-0.2, 0) is 23.9 Å². The summed E-state index contributed by atoms with van der Waals surface area (Å²) in [6.07, 6.45) is -1.59. The predicted octanol–water partition coefficient (Wildman–Crippen LogP) is -0.724. The van der Waals surface area contributed by atoms with Gasteiger partial charge in [-0.1, -0.05) is 6.92 Å². The van der Waals surface area contributed by atoms with Crippen LogP contribution in [-0.4, -0.2) is 89.3 Å². The Morgan fingerprint density at radius 1 is 1.31 bits per heavy atom. The Morgan fingerprint density at radius 3 is 2.38 bits per heavy atom. The Labute approximate surface area is 158 Å². The van der Waals surface area contributed by atoms with Gasteiger partial charge in [0, 0.05) is 20.8 Å². The lowest BCUT2D eigenvalue weighted by Gasteiger charge is -2.31. The first-order valence-electron chi connectivity index (χ1n) is 8.44. The van der Waals surface area contributed by atoms with Gasteiger partial charge in [0.15, 0.2) is 6.04 Å². The van der Waals surface area contributed by atoms with E-state index in [4.69, 9.17) is 9.47 Å². The van der Waals surface area contributed by atoms with Crippen molar-refractivity contribution in [1.82, 2.24) is 10.2 Å². The summed E-state index contributed by atoms with van der Waals surface area (Å²) in [4.78, 5) is 37.8.